The van der Waals surface area contributed by atoms with Crippen molar-refractivity contribution in [3.8, 4) is 11.1 Å². The molecule has 0 spiro atoms. The number of hydrogen-bond donors (Lipinski definition) is 1. The first-order chi connectivity index (χ1) is 12.2. The number of aromatic nitrogens is 2. The van der Waals surface area contributed by atoms with Gasteiger partial charge in [-0.2, -0.15) is 0 Å². The van der Waals surface area contributed by atoms with E-state index in [1.54, 1.807) is 0 Å². The zero-order chi connectivity index (χ0) is 17.2. The second kappa shape index (κ2) is 6.96. The molecule has 0 bridgehead atoms. The highest BCUT2D eigenvalue weighted by Crippen LogP contribution is 2.28. The van der Waals surface area contributed by atoms with Crippen LogP contribution in [0.1, 0.15) is 5.56 Å². The van der Waals surface area contributed by atoms with E-state index < -0.39 is 0 Å². The summed E-state index contributed by atoms with van der Waals surface area (Å²) in [6.45, 7) is 3.58. The van der Waals surface area contributed by atoms with Crippen molar-refractivity contribution in [3.63, 3.8) is 0 Å². The van der Waals surface area contributed by atoms with Gasteiger partial charge in [0.1, 0.15) is 5.82 Å². The molecule has 2 heterocycles. The summed E-state index contributed by atoms with van der Waals surface area (Å²) in [4.78, 5) is 11.5. The van der Waals surface area contributed by atoms with Crippen molar-refractivity contribution in [2.24, 2.45) is 5.73 Å². The van der Waals surface area contributed by atoms with E-state index in [4.69, 9.17) is 27.1 Å². The minimum absolute atomic E-state index is 0.436. The number of benzene rings is 2. The Morgan fingerprint density at radius 2 is 1.80 bits per heavy atom. The van der Waals surface area contributed by atoms with E-state index in [2.05, 4.69) is 16.0 Å². The molecule has 3 aromatic rings. The first-order valence-corrected chi connectivity index (χ1v) is 8.71. The Morgan fingerprint density at radius 3 is 2.56 bits per heavy atom. The molecule has 25 heavy (non-hydrogen) atoms. The minimum atomic E-state index is 0.436. The number of anilines is 1. The number of ether oxygens (including phenoxy) is 1. The number of hydrogen-bond acceptors (Lipinski definition) is 5. The maximum Gasteiger partial charge on any atom is 0.148 e. The van der Waals surface area contributed by atoms with E-state index in [9.17, 15) is 0 Å². The van der Waals surface area contributed by atoms with Gasteiger partial charge in [-0.05, 0) is 34.9 Å². The summed E-state index contributed by atoms with van der Waals surface area (Å²) in [5.74, 6) is 0.893. The Hall–Kier alpha value is -2.21. The van der Waals surface area contributed by atoms with Crippen molar-refractivity contribution in [2.75, 3.05) is 31.2 Å². The van der Waals surface area contributed by atoms with E-state index in [-0.39, 0.29) is 0 Å². The molecule has 128 valence electrons. The van der Waals surface area contributed by atoms with Crippen LogP contribution in [-0.4, -0.2) is 36.3 Å². The Bertz CT molecular complexity index is 909. The third kappa shape index (κ3) is 3.31. The monoisotopic (exact) mass is 354 g/mol. The smallest absolute Gasteiger partial charge is 0.148 e. The number of fused-ring (bicyclic) bond motifs is 1. The van der Waals surface area contributed by atoms with Crippen LogP contribution in [0, 0.1) is 0 Å². The first-order valence-electron chi connectivity index (χ1n) is 8.33. The summed E-state index contributed by atoms with van der Waals surface area (Å²) in [5.41, 5.74) is 10.5. The lowest BCUT2D eigenvalue weighted by atomic mass is 10.0. The van der Waals surface area contributed by atoms with Gasteiger partial charge in [0.05, 0.1) is 30.4 Å². The van der Waals surface area contributed by atoms with Gasteiger partial charge < -0.3 is 15.4 Å². The fourth-order valence-electron chi connectivity index (χ4n) is 3.02. The van der Waals surface area contributed by atoms with E-state index in [0.29, 0.717) is 11.6 Å². The second-order valence-electron chi connectivity index (χ2n) is 6.04. The molecular weight excluding hydrogens is 336 g/mol. The van der Waals surface area contributed by atoms with Gasteiger partial charge in [0.15, 0.2) is 0 Å². The number of nitrogens with zero attached hydrogens (tertiary/aromatic N) is 3. The molecule has 0 amide bonds. The quantitative estimate of drug-likeness (QED) is 0.782. The molecule has 1 aromatic heterocycles. The highest BCUT2D eigenvalue weighted by atomic mass is 35.5. The largest absolute Gasteiger partial charge is 0.378 e. The standard InChI is InChI=1S/C19H19ClN4O/c20-16-9-13(1-2-15(16)11-21)14-3-4-17-18(10-14)23-19(12-22-17)24-5-7-25-8-6-24/h1-4,9-10,12H,5-8,11,21H2. The Kier molecular flexibility index (Phi) is 4.53. The van der Waals surface area contributed by atoms with Gasteiger partial charge in [0.25, 0.3) is 0 Å². The van der Waals surface area contributed by atoms with Crippen LogP contribution in [0.25, 0.3) is 22.2 Å². The third-order valence-corrected chi connectivity index (χ3v) is 4.82. The molecule has 2 aromatic carbocycles. The van der Waals surface area contributed by atoms with E-state index in [1.165, 1.54) is 0 Å². The lowest BCUT2D eigenvalue weighted by Gasteiger charge is -2.27. The number of rotatable bonds is 3. The molecule has 2 N–H and O–H groups in total. The molecule has 1 fully saturated rings. The lowest BCUT2D eigenvalue weighted by molar-refractivity contribution is 0.122. The van der Waals surface area contributed by atoms with Crippen LogP contribution >= 0.6 is 11.6 Å². The Morgan fingerprint density at radius 1 is 1.04 bits per heavy atom. The van der Waals surface area contributed by atoms with Crippen molar-refractivity contribution in [3.05, 3.63) is 53.2 Å². The van der Waals surface area contributed by atoms with Crippen LogP contribution in [0.3, 0.4) is 0 Å². The maximum atomic E-state index is 6.30. The molecule has 1 aliphatic rings. The Labute approximate surface area is 151 Å². The van der Waals surface area contributed by atoms with Gasteiger partial charge >= 0.3 is 0 Å². The van der Waals surface area contributed by atoms with E-state index >= 15 is 0 Å². The summed E-state index contributed by atoms with van der Waals surface area (Å²) in [6, 6.07) is 12.0. The van der Waals surface area contributed by atoms with Crippen LogP contribution in [-0.2, 0) is 11.3 Å². The van der Waals surface area contributed by atoms with Crippen molar-refractivity contribution < 1.29 is 4.74 Å². The predicted molar refractivity (Wildman–Crippen MR) is 101 cm³/mol. The van der Waals surface area contributed by atoms with Gasteiger partial charge in [-0.15, -0.1) is 0 Å². The van der Waals surface area contributed by atoms with E-state index in [1.807, 2.05) is 36.5 Å². The topological polar surface area (TPSA) is 64.3 Å². The molecule has 6 heteroatoms. The number of halogens is 1. The van der Waals surface area contributed by atoms with Gasteiger partial charge in [-0.3, -0.25) is 4.98 Å². The summed E-state index contributed by atoms with van der Waals surface area (Å²) < 4.78 is 5.40. The van der Waals surface area contributed by atoms with Gasteiger partial charge in [-0.25, -0.2) is 4.98 Å². The highest BCUT2D eigenvalue weighted by Gasteiger charge is 2.13. The molecular formula is C19H19ClN4O. The first kappa shape index (κ1) is 16.3. The molecule has 1 saturated heterocycles. The summed E-state index contributed by atoms with van der Waals surface area (Å²) >= 11 is 6.30. The highest BCUT2D eigenvalue weighted by molar-refractivity contribution is 6.31. The zero-order valence-electron chi connectivity index (χ0n) is 13.8. The maximum absolute atomic E-state index is 6.30. The Balaban J connectivity index is 1.72. The van der Waals surface area contributed by atoms with Crippen LogP contribution in [0.5, 0.6) is 0 Å². The van der Waals surface area contributed by atoms with Crippen molar-refractivity contribution in [2.45, 2.75) is 6.54 Å². The van der Waals surface area contributed by atoms with Crippen molar-refractivity contribution in [1.29, 1.82) is 0 Å². The summed E-state index contributed by atoms with van der Waals surface area (Å²) in [6.07, 6.45) is 1.83. The van der Waals surface area contributed by atoms with Crippen LogP contribution in [0.4, 0.5) is 5.82 Å². The molecule has 5 nitrogen and oxygen atoms in total. The SMILES string of the molecule is NCc1ccc(-c2ccc3ncc(N4CCOCC4)nc3c2)cc1Cl. The molecule has 0 unspecified atom stereocenters. The van der Waals surface area contributed by atoms with Gasteiger partial charge in [0.2, 0.25) is 0 Å². The molecule has 1 aliphatic heterocycles. The fraction of sp³-hybridized carbons (Fsp3) is 0.263. The molecule has 0 aliphatic carbocycles. The minimum Gasteiger partial charge on any atom is -0.378 e. The number of morpholine rings is 1. The van der Waals surface area contributed by atoms with Gasteiger partial charge in [0, 0.05) is 24.7 Å². The molecule has 0 atom stereocenters. The van der Waals surface area contributed by atoms with Gasteiger partial charge in [-0.1, -0.05) is 29.8 Å². The normalized spacial score (nSPS) is 14.9. The lowest BCUT2D eigenvalue weighted by Crippen LogP contribution is -2.36. The summed E-state index contributed by atoms with van der Waals surface area (Å²) in [5, 5.41) is 0.688. The average molecular weight is 355 g/mol. The number of nitrogens with two attached hydrogens (primary N) is 1. The molecule has 4 rings (SSSR count). The third-order valence-electron chi connectivity index (χ3n) is 4.47. The van der Waals surface area contributed by atoms with Crippen molar-refractivity contribution in [1.82, 2.24) is 9.97 Å². The molecule has 0 saturated carbocycles. The van der Waals surface area contributed by atoms with Crippen LogP contribution < -0.4 is 10.6 Å². The fourth-order valence-corrected chi connectivity index (χ4v) is 3.28. The van der Waals surface area contributed by atoms with Crippen LogP contribution in [0.2, 0.25) is 5.02 Å². The average Bonchev–Trinajstić information content (AvgIpc) is 2.67. The second-order valence-corrected chi connectivity index (χ2v) is 6.45. The van der Waals surface area contributed by atoms with Crippen LogP contribution in [0.15, 0.2) is 42.6 Å². The zero-order valence-corrected chi connectivity index (χ0v) is 14.5. The van der Waals surface area contributed by atoms with Crippen molar-refractivity contribution >= 4 is 28.5 Å². The summed E-state index contributed by atoms with van der Waals surface area (Å²) in [7, 11) is 0. The predicted octanol–water partition coefficient (Wildman–Crippen LogP) is 3.25. The van der Waals surface area contributed by atoms with E-state index in [0.717, 1.165) is 59.8 Å². The molecule has 0 radical (unpaired) electrons.